The summed E-state index contributed by atoms with van der Waals surface area (Å²) in [5.41, 5.74) is 0. The molecule has 0 N–H and O–H groups in total. The normalized spacial score (nSPS) is 13.8. The SMILES string of the molecule is O=C1CSc2nc(COc3ccccc3)nn21. The van der Waals surface area contributed by atoms with Gasteiger partial charge in [-0.2, -0.15) is 4.68 Å². The topological polar surface area (TPSA) is 57.0 Å². The Kier molecular flexibility index (Phi) is 2.56. The van der Waals surface area contributed by atoms with Crippen molar-refractivity contribution in [3.63, 3.8) is 0 Å². The zero-order valence-electron chi connectivity index (χ0n) is 8.87. The predicted octanol–water partition coefficient (Wildman–Crippen LogP) is 1.60. The molecule has 0 atom stereocenters. The molecular weight excluding hydrogens is 238 g/mol. The Bertz CT molecular complexity index is 553. The summed E-state index contributed by atoms with van der Waals surface area (Å²) >= 11 is 1.40. The number of para-hydroxylation sites is 1. The highest BCUT2D eigenvalue weighted by Gasteiger charge is 2.23. The molecule has 86 valence electrons. The largest absolute Gasteiger partial charge is 0.486 e. The van der Waals surface area contributed by atoms with Crippen molar-refractivity contribution in [2.24, 2.45) is 0 Å². The van der Waals surface area contributed by atoms with Gasteiger partial charge in [0.25, 0.3) is 5.91 Å². The van der Waals surface area contributed by atoms with Gasteiger partial charge in [-0.3, -0.25) is 4.79 Å². The number of rotatable bonds is 3. The lowest BCUT2D eigenvalue weighted by molar-refractivity contribution is 0.0922. The third-order valence-corrected chi connectivity index (χ3v) is 3.21. The van der Waals surface area contributed by atoms with E-state index in [4.69, 9.17) is 4.74 Å². The molecule has 2 aromatic rings. The zero-order valence-corrected chi connectivity index (χ0v) is 9.68. The van der Waals surface area contributed by atoms with Gasteiger partial charge in [0.15, 0.2) is 11.0 Å². The Hall–Kier alpha value is -1.82. The van der Waals surface area contributed by atoms with Crippen LogP contribution in [-0.4, -0.2) is 26.4 Å². The van der Waals surface area contributed by atoms with Gasteiger partial charge in [-0.1, -0.05) is 30.0 Å². The minimum absolute atomic E-state index is 0.0246. The molecule has 0 amide bonds. The average Bonchev–Trinajstić information content (AvgIpc) is 2.91. The van der Waals surface area contributed by atoms with Gasteiger partial charge in [0, 0.05) is 0 Å². The lowest BCUT2D eigenvalue weighted by Crippen LogP contribution is -2.09. The number of carbonyl (C=O) groups is 1. The van der Waals surface area contributed by atoms with Gasteiger partial charge in [0.1, 0.15) is 12.4 Å². The maximum atomic E-state index is 11.4. The monoisotopic (exact) mass is 247 g/mol. The van der Waals surface area contributed by atoms with Crippen LogP contribution in [0.1, 0.15) is 10.6 Å². The first-order valence-electron chi connectivity index (χ1n) is 5.13. The molecule has 0 bridgehead atoms. The molecule has 3 rings (SSSR count). The lowest BCUT2D eigenvalue weighted by atomic mass is 10.3. The third-order valence-electron chi connectivity index (χ3n) is 2.29. The van der Waals surface area contributed by atoms with Gasteiger partial charge >= 0.3 is 0 Å². The van der Waals surface area contributed by atoms with E-state index in [1.807, 2.05) is 30.3 Å². The first-order valence-corrected chi connectivity index (χ1v) is 6.11. The first kappa shape index (κ1) is 10.3. The number of aromatic nitrogens is 3. The van der Waals surface area contributed by atoms with Crippen LogP contribution in [0, 0.1) is 0 Å². The smallest absolute Gasteiger partial charge is 0.259 e. The molecule has 17 heavy (non-hydrogen) atoms. The Morgan fingerprint density at radius 2 is 2.18 bits per heavy atom. The zero-order chi connectivity index (χ0) is 11.7. The van der Waals surface area contributed by atoms with E-state index in [1.54, 1.807) is 0 Å². The molecule has 0 saturated heterocycles. The summed E-state index contributed by atoms with van der Waals surface area (Å²) in [4.78, 5) is 15.6. The quantitative estimate of drug-likeness (QED) is 0.824. The molecule has 1 aromatic carbocycles. The summed E-state index contributed by atoms with van der Waals surface area (Å²) in [7, 11) is 0. The summed E-state index contributed by atoms with van der Waals surface area (Å²) in [5, 5.41) is 4.75. The second-order valence-electron chi connectivity index (χ2n) is 3.51. The van der Waals surface area contributed by atoms with Crippen molar-refractivity contribution in [1.82, 2.24) is 14.8 Å². The van der Waals surface area contributed by atoms with Crippen LogP contribution in [0.25, 0.3) is 0 Å². The van der Waals surface area contributed by atoms with E-state index in [1.165, 1.54) is 16.4 Å². The summed E-state index contributed by atoms with van der Waals surface area (Å²) < 4.78 is 6.85. The van der Waals surface area contributed by atoms with E-state index in [0.29, 0.717) is 16.7 Å². The average molecular weight is 247 g/mol. The number of hydrogen-bond acceptors (Lipinski definition) is 5. The highest BCUT2D eigenvalue weighted by molar-refractivity contribution is 8.00. The van der Waals surface area contributed by atoms with Crippen LogP contribution >= 0.6 is 11.8 Å². The fourth-order valence-corrected chi connectivity index (χ4v) is 2.32. The number of benzene rings is 1. The second kappa shape index (κ2) is 4.21. The van der Waals surface area contributed by atoms with E-state index in [0.717, 1.165) is 5.75 Å². The fourth-order valence-electron chi connectivity index (χ4n) is 1.51. The molecule has 1 aliphatic rings. The van der Waals surface area contributed by atoms with Crippen molar-refractivity contribution in [2.45, 2.75) is 11.8 Å². The molecule has 2 heterocycles. The Morgan fingerprint density at radius 1 is 1.35 bits per heavy atom. The molecule has 1 aliphatic heterocycles. The van der Waals surface area contributed by atoms with E-state index in [-0.39, 0.29) is 12.5 Å². The van der Waals surface area contributed by atoms with E-state index < -0.39 is 0 Å². The van der Waals surface area contributed by atoms with Crippen molar-refractivity contribution in [3.8, 4) is 5.75 Å². The van der Waals surface area contributed by atoms with Crippen LogP contribution in [0.15, 0.2) is 35.5 Å². The summed E-state index contributed by atoms with van der Waals surface area (Å²) in [5.74, 6) is 1.70. The van der Waals surface area contributed by atoms with Crippen LogP contribution in [0.5, 0.6) is 5.75 Å². The minimum Gasteiger partial charge on any atom is -0.486 e. The third kappa shape index (κ3) is 2.03. The highest BCUT2D eigenvalue weighted by Crippen LogP contribution is 2.23. The van der Waals surface area contributed by atoms with E-state index in [2.05, 4.69) is 10.1 Å². The summed E-state index contributed by atoms with van der Waals surface area (Å²) in [6, 6.07) is 9.45. The van der Waals surface area contributed by atoms with Gasteiger partial charge in [-0.25, -0.2) is 4.98 Å². The molecule has 5 nitrogen and oxygen atoms in total. The van der Waals surface area contributed by atoms with Crippen molar-refractivity contribution in [2.75, 3.05) is 5.75 Å². The van der Waals surface area contributed by atoms with Crippen LogP contribution in [0.2, 0.25) is 0 Å². The maximum absolute atomic E-state index is 11.4. The van der Waals surface area contributed by atoms with Crippen LogP contribution in [0.4, 0.5) is 0 Å². The van der Waals surface area contributed by atoms with Crippen LogP contribution in [-0.2, 0) is 6.61 Å². The summed E-state index contributed by atoms with van der Waals surface area (Å²) in [6.07, 6.45) is 0. The van der Waals surface area contributed by atoms with E-state index >= 15 is 0 Å². The predicted molar refractivity (Wildman–Crippen MR) is 62.1 cm³/mol. The van der Waals surface area contributed by atoms with Gasteiger partial charge in [-0.05, 0) is 12.1 Å². The number of ether oxygens (including phenoxy) is 1. The molecule has 1 aromatic heterocycles. The first-order chi connectivity index (χ1) is 8.33. The number of fused-ring (bicyclic) bond motifs is 1. The van der Waals surface area contributed by atoms with Crippen molar-refractivity contribution in [1.29, 1.82) is 0 Å². The van der Waals surface area contributed by atoms with Crippen molar-refractivity contribution in [3.05, 3.63) is 36.2 Å². The van der Waals surface area contributed by atoms with E-state index in [9.17, 15) is 4.79 Å². The Balaban J connectivity index is 1.71. The number of hydrogen-bond donors (Lipinski definition) is 0. The standard InChI is InChI=1S/C11H9N3O2S/c15-10-7-17-11-12-9(13-14(10)11)6-16-8-4-2-1-3-5-8/h1-5H,6-7H2. The van der Waals surface area contributed by atoms with Gasteiger partial charge in [-0.15, -0.1) is 5.10 Å². The van der Waals surface area contributed by atoms with Gasteiger partial charge in [0.05, 0.1) is 5.75 Å². The molecule has 0 unspecified atom stereocenters. The molecule has 0 spiro atoms. The number of thioether (sulfide) groups is 1. The maximum Gasteiger partial charge on any atom is 0.259 e. The minimum atomic E-state index is -0.0246. The van der Waals surface area contributed by atoms with Crippen molar-refractivity contribution < 1.29 is 9.53 Å². The Morgan fingerprint density at radius 3 is 2.94 bits per heavy atom. The van der Waals surface area contributed by atoms with Gasteiger partial charge in [0.2, 0.25) is 0 Å². The van der Waals surface area contributed by atoms with Crippen molar-refractivity contribution >= 4 is 17.7 Å². The van der Waals surface area contributed by atoms with Crippen LogP contribution < -0.4 is 4.74 Å². The highest BCUT2D eigenvalue weighted by atomic mass is 32.2. The molecule has 0 aliphatic carbocycles. The molecule has 0 radical (unpaired) electrons. The molecule has 0 fully saturated rings. The molecule has 6 heteroatoms. The number of carbonyl (C=O) groups excluding carboxylic acids is 1. The van der Waals surface area contributed by atoms with Gasteiger partial charge < -0.3 is 4.74 Å². The fraction of sp³-hybridized carbons (Fsp3) is 0.182. The molecular formula is C11H9N3O2S. The Labute approximate surface area is 102 Å². The number of nitrogens with zero attached hydrogens (tertiary/aromatic N) is 3. The summed E-state index contributed by atoms with van der Waals surface area (Å²) in [6.45, 7) is 0.276. The lowest BCUT2D eigenvalue weighted by Gasteiger charge is -2.01. The molecule has 0 saturated carbocycles. The van der Waals surface area contributed by atoms with Crippen LogP contribution in [0.3, 0.4) is 0 Å². The second-order valence-corrected chi connectivity index (χ2v) is 4.45.